The Balaban J connectivity index is 2.08. The summed E-state index contributed by atoms with van der Waals surface area (Å²) < 4.78 is 0.924. The van der Waals surface area contributed by atoms with Gasteiger partial charge in [-0.2, -0.15) is 0 Å². The van der Waals surface area contributed by atoms with Crippen molar-refractivity contribution in [1.29, 1.82) is 0 Å². The second kappa shape index (κ2) is 6.45. The highest BCUT2D eigenvalue weighted by Gasteiger charge is 2.08. The average Bonchev–Trinajstić information content (AvgIpc) is 2.43. The van der Waals surface area contributed by atoms with Crippen LogP contribution in [0.5, 0.6) is 0 Å². The van der Waals surface area contributed by atoms with Crippen LogP contribution in [0.3, 0.4) is 0 Å². The molecule has 0 aliphatic carbocycles. The lowest BCUT2D eigenvalue weighted by Gasteiger charge is -2.10. The topological polar surface area (TPSA) is 55.1 Å². The van der Waals surface area contributed by atoms with Crippen molar-refractivity contribution in [1.82, 2.24) is 5.32 Å². The minimum Gasteiger partial charge on any atom is -0.399 e. The van der Waals surface area contributed by atoms with E-state index in [1.54, 1.807) is 12.1 Å². The molecule has 0 heterocycles. The first-order valence-electron chi connectivity index (χ1n) is 6.06. The van der Waals surface area contributed by atoms with E-state index in [4.69, 9.17) is 17.3 Å². The molecule has 2 rings (SSSR count). The fourth-order valence-corrected chi connectivity index (χ4v) is 2.33. The van der Waals surface area contributed by atoms with E-state index < -0.39 is 0 Å². The zero-order valence-corrected chi connectivity index (χ0v) is 13.8. The molecule has 5 heteroatoms. The second-order valence-corrected chi connectivity index (χ2v) is 6.01. The number of hydrogen-bond donors (Lipinski definition) is 2. The Labute approximate surface area is 136 Å². The third-order valence-electron chi connectivity index (χ3n) is 3.11. The first-order chi connectivity index (χ1) is 9.49. The van der Waals surface area contributed by atoms with E-state index in [2.05, 4.69) is 27.9 Å². The number of nitrogens with one attached hydrogen (secondary N) is 1. The zero-order valence-electron chi connectivity index (χ0n) is 10.9. The van der Waals surface area contributed by atoms with Crippen molar-refractivity contribution in [2.24, 2.45) is 0 Å². The summed E-state index contributed by atoms with van der Waals surface area (Å²) in [6.45, 7) is 2.39. The van der Waals surface area contributed by atoms with E-state index in [-0.39, 0.29) is 5.91 Å². The molecule has 0 saturated heterocycles. The second-order valence-electron chi connectivity index (χ2n) is 4.44. The molecule has 0 aromatic heterocycles. The van der Waals surface area contributed by atoms with E-state index in [1.165, 1.54) is 0 Å². The molecule has 104 valence electrons. The molecule has 2 aromatic carbocycles. The molecule has 0 bridgehead atoms. The number of nitrogens with two attached hydrogens (primary N) is 1. The Bertz CT molecular complexity index is 658. The van der Waals surface area contributed by atoms with Crippen LogP contribution in [0, 0.1) is 10.5 Å². The smallest absolute Gasteiger partial charge is 0.251 e. The number of halogens is 2. The average molecular weight is 401 g/mol. The largest absolute Gasteiger partial charge is 0.399 e. The lowest BCUT2D eigenvalue weighted by molar-refractivity contribution is 0.0951. The number of amides is 1. The van der Waals surface area contributed by atoms with Crippen molar-refractivity contribution < 1.29 is 4.79 Å². The highest BCUT2D eigenvalue weighted by atomic mass is 127. The van der Waals surface area contributed by atoms with Gasteiger partial charge in [0.05, 0.1) is 5.02 Å². The number of anilines is 1. The van der Waals surface area contributed by atoms with Crippen LogP contribution >= 0.6 is 34.2 Å². The molecule has 0 aliphatic heterocycles. The molecule has 20 heavy (non-hydrogen) atoms. The predicted octanol–water partition coefficient (Wildman–Crippen LogP) is 3.77. The molecule has 0 saturated carbocycles. The SMILES string of the molecule is Cc1c(N)cccc1CNC(=O)c1ccc(I)c(Cl)c1. The van der Waals surface area contributed by atoms with Gasteiger partial charge >= 0.3 is 0 Å². The van der Waals surface area contributed by atoms with Gasteiger partial charge in [0, 0.05) is 21.4 Å². The van der Waals surface area contributed by atoms with Crippen LogP contribution in [-0.4, -0.2) is 5.91 Å². The zero-order chi connectivity index (χ0) is 14.7. The number of hydrogen-bond acceptors (Lipinski definition) is 2. The number of nitrogen functional groups attached to an aromatic ring is 1. The van der Waals surface area contributed by atoms with Gasteiger partial charge in [-0.1, -0.05) is 23.7 Å². The molecular weight excluding hydrogens is 387 g/mol. The van der Waals surface area contributed by atoms with E-state index in [0.717, 1.165) is 20.4 Å². The molecule has 0 unspecified atom stereocenters. The maximum Gasteiger partial charge on any atom is 0.251 e. The van der Waals surface area contributed by atoms with Gasteiger partial charge in [-0.25, -0.2) is 0 Å². The quantitative estimate of drug-likeness (QED) is 0.609. The Morgan fingerprint density at radius 1 is 1.35 bits per heavy atom. The normalized spacial score (nSPS) is 10.3. The maximum absolute atomic E-state index is 12.1. The molecule has 2 aromatic rings. The third-order valence-corrected chi connectivity index (χ3v) is 4.68. The van der Waals surface area contributed by atoms with Crippen molar-refractivity contribution in [3.05, 3.63) is 61.7 Å². The minimum absolute atomic E-state index is 0.148. The van der Waals surface area contributed by atoms with Gasteiger partial charge in [0.15, 0.2) is 0 Å². The molecular formula is C15H14ClIN2O. The minimum atomic E-state index is -0.148. The van der Waals surface area contributed by atoms with Gasteiger partial charge in [0.25, 0.3) is 5.91 Å². The highest BCUT2D eigenvalue weighted by Crippen LogP contribution is 2.20. The van der Waals surface area contributed by atoms with Crippen molar-refractivity contribution in [2.45, 2.75) is 13.5 Å². The summed E-state index contributed by atoms with van der Waals surface area (Å²) in [6.07, 6.45) is 0. The monoisotopic (exact) mass is 400 g/mol. The van der Waals surface area contributed by atoms with Crippen molar-refractivity contribution in [3.8, 4) is 0 Å². The van der Waals surface area contributed by atoms with E-state index in [9.17, 15) is 4.79 Å². The summed E-state index contributed by atoms with van der Waals surface area (Å²) in [4.78, 5) is 12.1. The first kappa shape index (κ1) is 15.1. The number of carbonyl (C=O) groups excluding carboxylic acids is 1. The molecule has 1 amide bonds. The highest BCUT2D eigenvalue weighted by molar-refractivity contribution is 14.1. The number of carbonyl (C=O) groups is 1. The third kappa shape index (κ3) is 3.43. The van der Waals surface area contributed by atoms with Gasteiger partial charge < -0.3 is 11.1 Å². The van der Waals surface area contributed by atoms with Crippen LogP contribution in [0.25, 0.3) is 0 Å². The van der Waals surface area contributed by atoms with E-state index >= 15 is 0 Å². The fourth-order valence-electron chi connectivity index (χ4n) is 1.81. The van der Waals surface area contributed by atoms with Crippen LogP contribution in [0.1, 0.15) is 21.5 Å². The Morgan fingerprint density at radius 3 is 2.80 bits per heavy atom. The maximum atomic E-state index is 12.1. The summed E-state index contributed by atoms with van der Waals surface area (Å²) in [5, 5.41) is 3.46. The van der Waals surface area contributed by atoms with Crippen LogP contribution in [0.15, 0.2) is 36.4 Å². The van der Waals surface area contributed by atoms with Gasteiger partial charge in [-0.15, -0.1) is 0 Å². The van der Waals surface area contributed by atoms with Crippen molar-refractivity contribution in [3.63, 3.8) is 0 Å². The van der Waals surface area contributed by atoms with Crippen molar-refractivity contribution in [2.75, 3.05) is 5.73 Å². The number of benzene rings is 2. The van der Waals surface area contributed by atoms with Crippen LogP contribution < -0.4 is 11.1 Å². The fraction of sp³-hybridized carbons (Fsp3) is 0.133. The van der Waals surface area contributed by atoms with Crippen LogP contribution in [0.2, 0.25) is 5.02 Å². The number of rotatable bonds is 3. The van der Waals surface area contributed by atoms with Crippen molar-refractivity contribution >= 4 is 45.8 Å². The molecule has 0 atom stereocenters. The summed E-state index contributed by atoms with van der Waals surface area (Å²) in [7, 11) is 0. The molecule has 3 N–H and O–H groups in total. The van der Waals surface area contributed by atoms with Crippen LogP contribution in [0.4, 0.5) is 5.69 Å². The molecule has 0 radical (unpaired) electrons. The molecule has 0 aliphatic rings. The van der Waals surface area contributed by atoms with Gasteiger partial charge in [-0.05, 0) is 64.9 Å². The van der Waals surface area contributed by atoms with Gasteiger partial charge in [0.1, 0.15) is 0 Å². The van der Waals surface area contributed by atoms with Gasteiger partial charge in [-0.3, -0.25) is 4.79 Å². The lowest BCUT2D eigenvalue weighted by Crippen LogP contribution is -2.23. The van der Waals surface area contributed by atoms with E-state index in [1.807, 2.05) is 31.2 Å². The lowest BCUT2D eigenvalue weighted by atomic mass is 10.1. The standard InChI is InChI=1S/C15H14ClIN2O/c1-9-11(3-2-4-14(9)18)8-19-15(20)10-5-6-13(17)12(16)7-10/h2-7H,8,18H2,1H3,(H,19,20). The Morgan fingerprint density at radius 2 is 2.10 bits per heavy atom. The summed E-state index contributed by atoms with van der Waals surface area (Å²) in [5.41, 5.74) is 9.13. The molecule has 0 spiro atoms. The molecule has 3 nitrogen and oxygen atoms in total. The Kier molecular flexibility index (Phi) is 4.88. The Hall–Kier alpha value is -1.27. The summed E-state index contributed by atoms with van der Waals surface area (Å²) in [6, 6.07) is 10.9. The predicted molar refractivity (Wildman–Crippen MR) is 90.9 cm³/mol. The molecule has 0 fully saturated rings. The summed E-state index contributed by atoms with van der Waals surface area (Å²) in [5.74, 6) is -0.148. The van der Waals surface area contributed by atoms with Crippen LogP contribution in [-0.2, 0) is 6.54 Å². The first-order valence-corrected chi connectivity index (χ1v) is 7.52. The van der Waals surface area contributed by atoms with Gasteiger partial charge in [0.2, 0.25) is 0 Å². The summed E-state index contributed by atoms with van der Waals surface area (Å²) >= 11 is 8.14. The van der Waals surface area contributed by atoms with E-state index in [0.29, 0.717) is 17.1 Å².